The fourth-order valence-corrected chi connectivity index (χ4v) is 3.77. The number of ether oxygens (including phenoxy) is 1. The highest BCUT2D eigenvalue weighted by molar-refractivity contribution is 5.76. The lowest BCUT2D eigenvalue weighted by Crippen LogP contribution is -2.49. The van der Waals surface area contributed by atoms with Crippen LogP contribution in [0.1, 0.15) is 18.4 Å². The molecule has 5 nitrogen and oxygen atoms in total. The summed E-state index contributed by atoms with van der Waals surface area (Å²) < 4.78 is 5.31. The predicted molar refractivity (Wildman–Crippen MR) is 95.1 cm³/mol. The predicted octanol–water partition coefficient (Wildman–Crippen LogP) is 1.68. The number of piperazine rings is 1. The number of carbonyl (C=O) groups is 1. The Hall–Kier alpha value is -1.59. The maximum Gasteiger partial charge on any atom is 0.222 e. The van der Waals surface area contributed by atoms with E-state index in [2.05, 4.69) is 28.0 Å². The zero-order valence-electron chi connectivity index (χ0n) is 14.9. The molecule has 2 fully saturated rings. The van der Waals surface area contributed by atoms with Crippen LogP contribution in [0, 0.1) is 5.92 Å². The van der Waals surface area contributed by atoms with Crippen molar-refractivity contribution in [3.8, 4) is 5.75 Å². The van der Waals surface area contributed by atoms with Crippen LogP contribution in [0.4, 0.5) is 0 Å². The first kappa shape index (κ1) is 17.2. The molecule has 0 aromatic heterocycles. The molecule has 1 atom stereocenters. The minimum absolute atomic E-state index is 0.300. The highest BCUT2D eigenvalue weighted by Crippen LogP contribution is 2.19. The van der Waals surface area contributed by atoms with Crippen molar-refractivity contribution in [3.05, 3.63) is 29.8 Å². The standard InChI is InChI=1S/C19H29N3O2/c1-20-13-17(6-7-19(20)23)15-22-10-8-21(9-11-22)14-16-4-3-5-18(12-16)24-2/h3-5,12,17H,6-11,13-15H2,1-2H3. The van der Waals surface area contributed by atoms with E-state index in [4.69, 9.17) is 4.74 Å². The number of hydrogen-bond donors (Lipinski definition) is 0. The average Bonchev–Trinajstić information content (AvgIpc) is 2.60. The molecule has 0 N–H and O–H groups in total. The highest BCUT2D eigenvalue weighted by atomic mass is 16.5. The van der Waals surface area contributed by atoms with Gasteiger partial charge < -0.3 is 14.5 Å². The van der Waals surface area contributed by atoms with Crippen molar-refractivity contribution < 1.29 is 9.53 Å². The molecule has 132 valence electrons. The Labute approximate surface area is 145 Å². The van der Waals surface area contributed by atoms with Crippen molar-refractivity contribution in [2.75, 3.05) is 53.4 Å². The molecule has 5 heteroatoms. The number of hydrogen-bond acceptors (Lipinski definition) is 4. The summed E-state index contributed by atoms with van der Waals surface area (Å²) >= 11 is 0. The zero-order chi connectivity index (χ0) is 16.9. The molecule has 0 saturated carbocycles. The Morgan fingerprint density at radius 1 is 1.17 bits per heavy atom. The van der Waals surface area contributed by atoms with Crippen LogP contribution in [0.2, 0.25) is 0 Å². The normalized spacial score (nSPS) is 23.5. The fourth-order valence-electron chi connectivity index (χ4n) is 3.77. The third-order valence-electron chi connectivity index (χ3n) is 5.25. The SMILES string of the molecule is COc1cccc(CN2CCN(CC3CCC(=O)N(C)C3)CC2)c1. The molecule has 0 bridgehead atoms. The minimum atomic E-state index is 0.300. The third kappa shape index (κ3) is 4.48. The lowest BCUT2D eigenvalue weighted by Gasteiger charge is -2.38. The van der Waals surface area contributed by atoms with E-state index in [-0.39, 0.29) is 0 Å². The molecule has 0 aliphatic carbocycles. The van der Waals surface area contributed by atoms with Crippen LogP contribution in [0.25, 0.3) is 0 Å². The Morgan fingerprint density at radius 2 is 1.92 bits per heavy atom. The molecule has 1 unspecified atom stereocenters. The van der Waals surface area contributed by atoms with E-state index >= 15 is 0 Å². The lowest BCUT2D eigenvalue weighted by atomic mass is 9.97. The monoisotopic (exact) mass is 331 g/mol. The molecule has 3 rings (SSSR count). The minimum Gasteiger partial charge on any atom is -0.497 e. The van der Waals surface area contributed by atoms with E-state index in [1.807, 2.05) is 18.0 Å². The number of piperidine rings is 1. The van der Waals surface area contributed by atoms with E-state index in [1.54, 1.807) is 7.11 Å². The summed E-state index contributed by atoms with van der Waals surface area (Å²) in [5.74, 6) is 1.87. The molecule has 1 amide bonds. The van der Waals surface area contributed by atoms with Gasteiger partial charge in [0, 0.05) is 59.3 Å². The summed E-state index contributed by atoms with van der Waals surface area (Å²) in [6.07, 6.45) is 1.77. The summed E-state index contributed by atoms with van der Waals surface area (Å²) in [4.78, 5) is 18.6. The van der Waals surface area contributed by atoms with Gasteiger partial charge in [-0.2, -0.15) is 0 Å². The van der Waals surface area contributed by atoms with Crippen LogP contribution in [-0.2, 0) is 11.3 Å². The van der Waals surface area contributed by atoms with Crippen molar-refractivity contribution in [2.24, 2.45) is 5.92 Å². The molecule has 24 heavy (non-hydrogen) atoms. The molecular weight excluding hydrogens is 302 g/mol. The molecule has 0 spiro atoms. The summed E-state index contributed by atoms with van der Waals surface area (Å²) in [6.45, 7) is 7.51. The van der Waals surface area contributed by atoms with Gasteiger partial charge in [-0.05, 0) is 30.0 Å². The van der Waals surface area contributed by atoms with Gasteiger partial charge in [0.1, 0.15) is 5.75 Å². The van der Waals surface area contributed by atoms with Crippen LogP contribution in [0.15, 0.2) is 24.3 Å². The largest absolute Gasteiger partial charge is 0.497 e. The smallest absolute Gasteiger partial charge is 0.222 e. The zero-order valence-corrected chi connectivity index (χ0v) is 14.9. The van der Waals surface area contributed by atoms with Crippen LogP contribution in [-0.4, -0.2) is 74.0 Å². The molecule has 2 heterocycles. The van der Waals surface area contributed by atoms with Crippen molar-refractivity contribution in [3.63, 3.8) is 0 Å². The van der Waals surface area contributed by atoms with Crippen LogP contribution >= 0.6 is 0 Å². The van der Waals surface area contributed by atoms with E-state index in [1.165, 1.54) is 5.56 Å². The summed E-state index contributed by atoms with van der Waals surface area (Å²) in [6, 6.07) is 8.35. The molecule has 1 aromatic carbocycles. The number of methoxy groups -OCH3 is 1. The van der Waals surface area contributed by atoms with Crippen LogP contribution in [0.3, 0.4) is 0 Å². The Bertz CT molecular complexity index is 555. The number of benzene rings is 1. The fraction of sp³-hybridized carbons (Fsp3) is 0.632. The van der Waals surface area contributed by atoms with Crippen LogP contribution in [0.5, 0.6) is 5.75 Å². The van der Waals surface area contributed by atoms with E-state index in [9.17, 15) is 4.79 Å². The maximum atomic E-state index is 11.6. The Balaban J connectivity index is 1.43. The average molecular weight is 331 g/mol. The third-order valence-corrected chi connectivity index (χ3v) is 5.25. The van der Waals surface area contributed by atoms with Gasteiger partial charge in [0.15, 0.2) is 0 Å². The maximum absolute atomic E-state index is 11.6. The number of amides is 1. The summed E-state index contributed by atoms with van der Waals surface area (Å²) in [5.41, 5.74) is 1.32. The summed E-state index contributed by atoms with van der Waals surface area (Å²) in [7, 11) is 3.65. The molecule has 2 aliphatic heterocycles. The van der Waals surface area contributed by atoms with E-state index in [0.717, 1.165) is 64.4 Å². The van der Waals surface area contributed by atoms with Gasteiger partial charge in [-0.15, -0.1) is 0 Å². The number of rotatable bonds is 5. The summed E-state index contributed by atoms with van der Waals surface area (Å²) in [5, 5.41) is 0. The lowest BCUT2D eigenvalue weighted by molar-refractivity contribution is -0.133. The molecule has 2 aliphatic rings. The van der Waals surface area contributed by atoms with Gasteiger partial charge in [-0.1, -0.05) is 12.1 Å². The van der Waals surface area contributed by atoms with Crippen molar-refractivity contribution in [1.82, 2.24) is 14.7 Å². The Kier molecular flexibility index (Phi) is 5.74. The number of likely N-dealkylation sites (tertiary alicyclic amines) is 1. The number of carbonyl (C=O) groups excluding carboxylic acids is 1. The van der Waals surface area contributed by atoms with Gasteiger partial charge >= 0.3 is 0 Å². The van der Waals surface area contributed by atoms with Gasteiger partial charge in [-0.25, -0.2) is 0 Å². The number of nitrogens with zero attached hydrogens (tertiary/aromatic N) is 3. The van der Waals surface area contributed by atoms with Crippen molar-refractivity contribution in [1.29, 1.82) is 0 Å². The van der Waals surface area contributed by atoms with Gasteiger partial charge in [0.25, 0.3) is 0 Å². The molecule has 0 radical (unpaired) electrons. The quantitative estimate of drug-likeness (QED) is 0.822. The van der Waals surface area contributed by atoms with Gasteiger partial charge in [0.05, 0.1) is 7.11 Å². The second-order valence-electron chi connectivity index (χ2n) is 7.11. The Morgan fingerprint density at radius 3 is 2.62 bits per heavy atom. The van der Waals surface area contributed by atoms with Gasteiger partial charge in [-0.3, -0.25) is 9.69 Å². The first-order valence-electron chi connectivity index (χ1n) is 8.95. The highest BCUT2D eigenvalue weighted by Gasteiger charge is 2.26. The first-order chi connectivity index (χ1) is 11.6. The second kappa shape index (κ2) is 7.99. The molecular formula is C19H29N3O2. The van der Waals surface area contributed by atoms with Crippen molar-refractivity contribution in [2.45, 2.75) is 19.4 Å². The molecule has 2 saturated heterocycles. The van der Waals surface area contributed by atoms with Gasteiger partial charge in [0.2, 0.25) is 5.91 Å². The van der Waals surface area contributed by atoms with E-state index in [0.29, 0.717) is 11.8 Å². The molecule has 1 aromatic rings. The second-order valence-corrected chi connectivity index (χ2v) is 7.11. The van der Waals surface area contributed by atoms with E-state index < -0.39 is 0 Å². The first-order valence-corrected chi connectivity index (χ1v) is 8.95. The van der Waals surface area contributed by atoms with Crippen molar-refractivity contribution >= 4 is 5.91 Å². The topological polar surface area (TPSA) is 36.0 Å². The van der Waals surface area contributed by atoms with Crippen LogP contribution < -0.4 is 4.74 Å².